The highest BCUT2D eigenvalue weighted by Gasteiger charge is 2.21. The average molecular weight is 397 g/mol. The summed E-state index contributed by atoms with van der Waals surface area (Å²) < 4.78 is 11.4. The van der Waals surface area contributed by atoms with Gasteiger partial charge in [-0.3, -0.25) is 4.90 Å². The molecule has 1 saturated heterocycles. The number of β-amino-alcohol motifs (C(OH)–C–C–N with tert-alkyl or cyclic N) is 1. The molecule has 5 heteroatoms. The molecule has 2 aromatic rings. The van der Waals surface area contributed by atoms with Gasteiger partial charge in [-0.05, 0) is 55.0 Å². The van der Waals surface area contributed by atoms with Crippen molar-refractivity contribution in [2.45, 2.75) is 31.8 Å². The van der Waals surface area contributed by atoms with E-state index in [0.29, 0.717) is 13.2 Å². The number of aryl methyl sites for hydroxylation is 1. The Morgan fingerprint density at radius 2 is 1.79 bits per heavy atom. The van der Waals surface area contributed by atoms with Gasteiger partial charge in [0.15, 0.2) is 0 Å². The van der Waals surface area contributed by atoms with Crippen LogP contribution in [0.4, 0.5) is 5.69 Å². The van der Waals surface area contributed by atoms with Crippen LogP contribution in [0.1, 0.15) is 24.0 Å². The van der Waals surface area contributed by atoms with Crippen LogP contribution in [0.3, 0.4) is 0 Å². The van der Waals surface area contributed by atoms with E-state index in [1.54, 1.807) is 7.11 Å². The standard InChI is InChI=1S/C24H32N2O3/c1-28-22-9-5-8-20(16-22)26-14-12-25(13-15-26)17-21(27)18-29-24-11-4-7-19-6-2-3-10-23(19)24/h4-5,7-9,11,16,21,27H,2-3,6,10,12-15,17-18H2,1H3. The van der Waals surface area contributed by atoms with Gasteiger partial charge in [-0.15, -0.1) is 0 Å². The van der Waals surface area contributed by atoms with Crippen molar-refractivity contribution < 1.29 is 14.6 Å². The van der Waals surface area contributed by atoms with Crippen molar-refractivity contribution in [2.75, 3.05) is 51.3 Å². The summed E-state index contributed by atoms with van der Waals surface area (Å²) in [5.41, 5.74) is 3.96. The molecule has 2 aromatic carbocycles. The fourth-order valence-corrected chi connectivity index (χ4v) is 4.41. The number of rotatable bonds is 7. The molecule has 4 rings (SSSR count). The average Bonchev–Trinajstić information content (AvgIpc) is 2.78. The Morgan fingerprint density at radius 1 is 1.00 bits per heavy atom. The molecule has 1 atom stereocenters. The second-order valence-electron chi connectivity index (χ2n) is 8.05. The van der Waals surface area contributed by atoms with E-state index in [4.69, 9.17) is 9.47 Å². The van der Waals surface area contributed by atoms with Crippen molar-refractivity contribution in [3.8, 4) is 11.5 Å². The number of methoxy groups -OCH3 is 1. The van der Waals surface area contributed by atoms with Crippen LogP contribution in [-0.4, -0.2) is 62.6 Å². The highest BCUT2D eigenvalue weighted by atomic mass is 16.5. The molecule has 2 aliphatic rings. The van der Waals surface area contributed by atoms with Crippen molar-refractivity contribution in [1.82, 2.24) is 4.90 Å². The molecule has 1 unspecified atom stereocenters. The van der Waals surface area contributed by atoms with Gasteiger partial charge in [-0.25, -0.2) is 0 Å². The number of anilines is 1. The summed E-state index contributed by atoms with van der Waals surface area (Å²) in [5, 5.41) is 10.5. The van der Waals surface area contributed by atoms with E-state index in [-0.39, 0.29) is 0 Å². The quantitative estimate of drug-likeness (QED) is 0.779. The lowest BCUT2D eigenvalue weighted by molar-refractivity contribution is 0.0659. The molecule has 0 aromatic heterocycles. The van der Waals surface area contributed by atoms with Crippen LogP contribution in [0.15, 0.2) is 42.5 Å². The minimum absolute atomic E-state index is 0.354. The maximum atomic E-state index is 10.5. The molecule has 1 aliphatic heterocycles. The monoisotopic (exact) mass is 396 g/mol. The number of fused-ring (bicyclic) bond motifs is 1. The van der Waals surface area contributed by atoms with Gasteiger partial charge < -0.3 is 19.5 Å². The minimum Gasteiger partial charge on any atom is -0.497 e. The smallest absolute Gasteiger partial charge is 0.122 e. The first-order chi connectivity index (χ1) is 14.2. The maximum absolute atomic E-state index is 10.5. The third-order valence-electron chi connectivity index (χ3n) is 6.04. The predicted molar refractivity (Wildman–Crippen MR) is 116 cm³/mol. The van der Waals surface area contributed by atoms with Crippen LogP contribution in [0, 0.1) is 0 Å². The number of hydrogen-bond acceptors (Lipinski definition) is 5. The second-order valence-corrected chi connectivity index (χ2v) is 8.05. The van der Waals surface area contributed by atoms with Crippen LogP contribution in [-0.2, 0) is 12.8 Å². The fraction of sp³-hybridized carbons (Fsp3) is 0.500. The Balaban J connectivity index is 1.24. The zero-order chi connectivity index (χ0) is 20.1. The van der Waals surface area contributed by atoms with Crippen molar-refractivity contribution in [1.29, 1.82) is 0 Å². The van der Waals surface area contributed by atoms with Crippen molar-refractivity contribution >= 4 is 5.69 Å². The van der Waals surface area contributed by atoms with Crippen LogP contribution >= 0.6 is 0 Å². The van der Waals surface area contributed by atoms with E-state index in [9.17, 15) is 5.11 Å². The Morgan fingerprint density at radius 3 is 2.62 bits per heavy atom. The molecule has 0 bridgehead atoms. The molecule has 5 nitrogen and oxygen atoms in total. The first-order valence-corrected chi connectivity index (χ1v) is 10.8. The number of benzene rings is 2. The largest absolute Gasteiger partial charge is 0.497 e. The van der Waals surface area contributed by atoms with Crippen LogP contribution in [0.25, 0.3) is 0 Å². The number of aliphatic hydroxyl groups is 1. The lowest BCUT2D eigenvalue weighted by Crippen LogP contribution is -2.49. The molecule has 156 valence electrons. The zero-order valence-corrected chi connectivity index (χ0v) is 17.3. The number of piperazine rings is 1. The van der Waals surface area contributed by atoms with Crippen molar-refractivity contribution in [3.05, 3.63) is 53.6 Å². The van der Waals surface area contributed by atoms with Gasteiger partial charge >= 0.3 is 0 Å². The highest BCUT2D eigenvalue weighted by molar-refractivity contribution is 5.51. The topological polar surface area (TPSA) is 45.2 Å². The summed E-state index contributed by atoms with van der Waals surface area (Å²) in [4.78, 5) is 4.70. The molecule has 0 spiro atoms. The molecule has 1 fully saturated rings. The summed E-state index contributed by atoms with van der Waals surface area (Å²) in [6, 6.07) is 14.5. The molecular weight excluding hydrogens is 364 g/mol. The van der Waals surface area contributed by atoms with Gasteiger partial charge in [0.25, 0.3) is 0 Å². The summed E-state index contributed by atoms with van der Waals surface area (Å²) in [6.07, 6.45) is 4.26. The highest BCUT2D eigenvalue weighted by Crippen LogP contribution is 2.29. The van der Waals surface area contributed by atoms with E-state index in [2.05, 4.69) is 34.1 Å². The number of ether oxygens (including phenoxy) is 2. The van der Waals surface area contributed by atoms with Crippen LogP contribution < -0.4 is 14.4 Å². The SMILES string of the molecule is COc1cccc(N2CCN(CC(O)COc3cccc4c3CCCC4)CC2)c1. The van der Waals surface area contributed by atoms with E-state index in [1.807, 2.05) is 18.2 Å². The van der Waals surface area contributed by atoms with Gasteiger partial charge in [0, 0.05) is 44.5 Å². The predicted octanol–water partition coefficient (Wildman–Crippen LogP) is 3.14. The van der Waals surface area contributed by atoms with Gasteiger partial charge in [0.1, 0.15) is 24.2 Å². The number of hydrogen-bond donors (Lipinski definition) is 1. The zero-order valence-electron chi connectivity index (χ0n) is 17.3. The Labute approximate surface area is 173 Å². The molecule has 1 N–H and O–H groups in total. The molecule has 0 saturated carbocycles. The first kappa shape index (κ1) is 20.0. The second kappa shape index (κ2) is 9.51. The van der Waals surface area contributed by atoms with Gasteiger partial charge in [-0.1, -0.05) is 18.2 Å². The Kier molecular flexibility index (Phi) is 6.57. The molecular formula is C24H32N2O3. The molecule has 0 amide bonds. The Bertz CT molecular complexity index is 802. The van der Waals surface area contributed by atoms with Crippen LogP contribution in [0.2, 0.25) is 0 Å². The van der Waals surface area contributed by atoms with Crippen molar-refractivity contribution in [2.24, 2.45) is 0 Å². The first-order valence-electron chi connectivity index (χ1n) is 10.8. The minimum atomic E-state index is -0.474. The summed E-state index contributed by atoms with van der Waals surface area (Å²) in [6.45, 7) is 4.79. The fourth-order valence-electron chi connectivity index (χ4n) is 4.41. The maximum Gasteiger partial charge on any atom is 0.122 e. The van der Waals surface area contributed by atoms with Gasteiger partial charge in [-0.2, -0.15) is 0 Å². The third kappa shape index (κ3) is 5.03. The summed E-state index contributed by atoms with van der Waals surface area (Å²) in [5.74, 6) is 1.85. The van der Waals surface area contributed by atoms with Crippen molar-refractivity contribution in [3.63, 3.8) is 0 Å². The van der Waals surface area contributed by atoms with Crippen LogP contribution in [0.5, 0.6) is 11.5 Å². The van der Waals surface area contributed by atoms with E-state index >= 15 is 0 Å². The third-order valence-corrected chi connectivity index (χ3v) is 6.04. The number of nitrogens with zero attached hydrogens (tertiary/aromatic N) is 2. The molecule has 1 aliphatic carbocycles. The van der Waals surface area contributed by atoms with Gasteiger partial charge in [0.2, 0.25) is 0 Å². The van der Waals surface area contributed by atoms with E-state index in [0.717, 1.165) is 50.5 Å². The van der Waals surface area contributed by atoms with E-state index < -0.39 is 6.10 Å². The normalized spacial score (nSPS) is 18.2. The molecule has 29 heavy (non-hydrogen) atoms. The number of aliphatic hydroxyl groups excluding tert-OH is 1. The lowest BCUT2D eigenvalue weighted by atomic mass is 9.91. The summed E-state index contributed by atoms with van der Waals surface area (Å²) in [7, 11) is 1.70. The molecule has 0 radical (unpaired) electrons. The molecule has 1 heterocycles. The Hall–Kier alpha value is -2.24. The lowest BCUT2D eigenvalue weighted by Gasteiger charge is -2.37. The van der Waals surface area contributed by atoms with Gasteiger partial charge in [0.05, 0.1) is 7.11 Å². The van der Waals surface area contributed by atoms with E-state index in [1.165, 1.54) is 29.7 Å². The summed E-state index contributed by atoms with van der Waals surface area (Å²) >= 11 is 0.